The highest BCUT2D eigenvalue weighted by atomic mass is 79.9. The van der Waals surface area contributed by atoms with Gasteiger partial charge in [-0.3, -0.25) is 4.79 Å². The van der Waals surface area contributed by atoms with Crippen molar-refractivity contribution in [2.24, 2.45) is 0 Å². The van der Waals surface area contributed by atoms with E-state index in [9.17, 15) is 4.79 Å². The summed E-state index contributed by atoms with van der Waals surface area (Å²) in [6.07, 6.45) is 1.61. The Morgan fingerprint density at radius 1 is 1.53 bits per heavy atom. The molecule has 1 aromatic carbocycles. The maximum absolute atomic E-state index is 12.0. The summed E-state index contributed by atoms with van der Waals surface area (Å²) >= 11 is 3.33. The number of oxazole rings is 1. The van der Waals surface area contributed by atoms with Crippen LogP contribution < -0.4 is 10.1 Å². The van der Waals surface area contributed by atoms with Crippen LogP contribution in [0.2, 0.25) is 0 Å². The number of carbonyl (C=O) groups is 1. The summed E-state index contributed by atoms with van der Waals surface area (Å²) in [7, 11) is 1.52. The average molecular weight is 325 g/mol. The summed E-state index contributed by atoms with van der Waals surface area (Å²) in [4.78, 5) is 16.1. The van der Waals surface area contributed by atoms with Gasteiger partial charge in [-0.25, -0.2) is 4.98 Å². The first-order valence-corrected chi connectivity index (χ1v) is 6.42. The molecule has 0 aliphatic carbocycles. The van der Waals surface area contributed by atoms with Crippen molar-refractivity contribution in [3.8, 4) is 5.75 Å². The Labute approximate surface area is 119 Å². The number of carbonyl (C=O) groups excluding carboxylic acids is 1. The number of halogens is 1. The van der Waals surface area contributed by atoms with Crippen molar-refractivity contribution < 1.29 is 13.9 Å². The maximum atomic E-state index is 12.0. The zero-order valence-corrected chi connectivity index (χ0v) is 12.2. The molecule has 0 unspecified atom stereocenters. The van der Waals surface area contributed by atoms with Gasteiger partial charge in [0.1, 0.15) is 11.5 Å². The maximum Gasteiger partial charge on any atom is 0.255 e. The van der Waals surface area contributed by atoms with Gasteiger partial charge in [0.2, 0.25) is 5.89 Å². The van der Waals surface area contributed by atoms with E-state index in [0.717, 1.165) is 4.47 Å². The fourth-order valence-electron chi connectivity index (χ4n) is 1.59. The Kier molecular flexibility index (Phi) is 4.21. The summed E-state index contributed by atoms with van der Waals surface area (Å²) < 4.78 is 11.3. The van der Waals surface area contributed by atoms with Crippen LogP contribution in [0, 0.1) is 6.92 Å². The average Bonchev–Trinajstić information content (AvgIpc) is 2.81. The van der Waals surface area contributed by atoms with Crippen molar-refractivity contribution in [1.29, 1.82) is 0 Å². The predicted molar refractivity (Wildman–Crippen MR) is 73.1 cm³/mol. The molecule has 0 spiro atoms. The minimum atomic E-state index is -0.236. The molecule has 2 aromatic rings. The second kappa shape index (κ2) is 5.88. The standard InChI is InChI=1S/C13H13BrN2O3/c1-8-6-15-12(19-8)7-16-13(17)10-4-3-9(14)5-11(10)18-2/h3-6H,7H2,1-2H3,(H,16,17). The molecular weight excluding hydrogens is 312 g/mol. The molecule has 1 heterocycles. The molecule has 0 aliphatic heterocycles. The molecular formula is C13H13BrN2O3. The molecule has 19 heavy (non-hydrogen) atoms. The number of nitrogens with one attached hydrogen (secondary N) is 1. The highest BCUT2D eigenvalue weighted by Gasteiger charge is 2.13. The van der Waals surface area contributed by atoms with Crippen molar-refractivity contribution >= 4 is 21.8 Å². The number of rotatable bonds is 4. The second-order valence-corrected chi connectivity index (χ2v) is 4.81. The van der Waals surface area contributed by atoms with Crippen LogP contribution >= 0.6 is 15.9 Å². The van der Waals surface area contributed by atoms with Gasteiger partial charge in [-0.1, -0.05) is 15.9 Å². The van der Waals surface area contributed by atoms with Crippen molar-refractivity contribution in [2.75, 3.05) is 7.11 Å². The number of hydrogen-bond acceptors (Lipinski definition) is 4. The molecule has 6 heteroatoms. The Morgan fingerprint density at radius 2 is 2.32 bits per heavy atom. The first-order chi connectivity index (χ1) is 9.10. The lowest BCUT2D eigenvalue weighted by molar-refractivity contribution is 0.0944. The van der Waals surface area contributed by atoms with Gasteiger partial charge in [0.15, 0.2) is 0 Å². The summed E-state index contributed by atoms with van der Waals surface area (Å²) in [6, 6.07) is 5.22. The van der Waals surface area contributed by atoms with Gasteiger partial charge in [0.25, 0.3) is 5.91 Å². The Bertz CT molecular complexity index is 595. The molecule has 100 valence electrons. The Morgan fingerprint density at radius 3 is 2.95 bits per heavy atom. The number of ether oxygens (including phenoxy) is 1. The number of methoxy groups -OCH3 is 1. The Balaban J connectivity index is 2.07. The molecule has 0 saturated heterocycles. The lowest BCUT2D eigenvalue weighted by atomic mass is 10.2. The fourth-order valence-corrected chi connectivity index (χ4v) is 1.93. The van der Waals surface area contributed by atoms with Gasteiger partial charge in [-0.05, 0) is 25.1 Å². The third kappa shape index (κ3) is 3.35. The summed E-state index contributed by atoms with van der Waals surface area (Å²) in [5.74, 6) is 1.46. The fraction of sp³-hybridized carbons (Fsp3) is 0.231. The van der Waals surface area contributed by atoms with Gasteiger partial charge in [0.05, 0.1) is 25.4 Å². The van der Waals surface area contributed by atoms with Crippen LogP contribution in [0.5, 0.6) is 5.75 Å². The quantitative estimate of drug-likeness (QED) is 0.939. The van der Waals surface area contributed by atoms with Crippen LogP contribution in [0.15, 0.2) is 33.3 Å². The first kappa shape index (κ1) is 13.6. The largest absolute Gasteiger partial charge is 0.496 e. The topological polar surface area (TPSA) is 64.4 Å². The van der Waals surface area contributed by atoms with Gasteiger partial charge in [-0.15, -0.1) is 0 Å². The summed E-state index contributed by atoms with van der Waals surface area (Å²) in [6.45, 7) is 2.04. The Hall–Kier alpha value is -1.82. The van der Waals surface area contributed by atoms with E-state index in [0.29, 0.717) is 23.0 Å². The van der Waals surface area contributed by atoms with E-state index in [1.165, 1.54) is 7.11 Å². The second-order valence-electron chi connectivity index (χ2n) is 3.89. The lowest BCUT2D eigenvalue weighted by Crippen LogP contribution is -2.23. The lowest BCUT2D eigenvalue weighted by Gasteiger charge is -2.08. The molecule has 1 aromatic heterocycles. The van der Waals surface area contributed by atoms with Gasteiger partial charge >= 0.3 is 0 Å². The molecule has 1 N–H and O–H groups in total. The summed E-state index contributed by atoms with van der Waals surface area (Å²) in [5, 5.41) is 2.73. The van der Waals surface area contributed by atoms with E-state index >= 15 is 0 Å². The SMILES string of the molecule is COc1cc(Br)ccc1C(=O)NCc1ncc(C)o1. The number of amides is 1. The van der Waals surface area contributed by atoms with Crippen LogP contribution in [0.4, 0.5) is 0 Å². The predicted octanol–water partition coefficient (Wildman–Crippen LogP) is 2.68. The first-order valence-electron chi connectivity index (χ1n) is 5.63. The number of hydrogen-bond donors (Lipinski definition) is 1. The molecule has 0 radical (unpaired) electrons. The summed E-state index contributed by atoms with van der Waals surface area (Å²) in [5.41, 5.74) is 0.467. The molecule has 1 amide bonds. The van der Waals surface area contributed by atoms with Gasteiger partial charge < -0.3 is 14.5 Å². The van der Waals surface area contributed by atoms with E-state index in [4.69, 9.17) is 9.15 Å². The van der Waals surface area contributed by atoms with Crippen molar-refractivity contribution in [2.45, 2.75) is 13.5 Å². The molecule has 0 fully saturated rings. The van der Waals surface area contributed by atoms with E-state index in [-0.39, 0.29) is 12.5 Å². The number of aryl methyl sites for hydroxylation is 1. The highest BCUT2D eigenvalue weighted by Crippen LogP contribution is 2.23. The van der Waals surface area contributed by atoms with E-state index < -0.39 is 0 Å². The van der Waals surface area contributed by atoms with E-state index in [1.807, 2.05) is 0 Å². The van der Waals surface area contributed by atoms with E-state index in [2.05, 4.69) is 26.2 Å². The molecule has 2 rings (SSSR count). The highest BCUT2D eigenvalue weighted by molar-refractivity contribution is 9.10. The number of aromatic nitrogens is 1. The number of nitrogens with zero attached hydrogens (tertiary/aromatic N) is 1. The minimum Gasteiger partial charge on any atom is -0.496 e. The van der Waals surface area contributed by atoms with Crippen LogP contribution in [0.25, 0.3) is 0 Å². The molecule has 0 saturated carbocycles. The number of benzene rings is 1. The van der Waals surface area contributed by atoms with Gasteiger partial charge in [-0.2, -0.15) is 0 Å². The monoisotopic (exact) mass is 324 g/mol. The van der Waals surface area contributed by atoms with Crippen LogP contribution in [-0.4, -0.2) is 18.0 Å². The van der Waals surface area contributed by atoms with Crippen LogP contribution in [-0.2, 0) is 6.54 Å². The van der Waals surface area contributed by atoms with Crippen molar-refractivity contribution in [3.05, 3.63) is 46.1 Å². The van der Waals surface area contributed by atoms with Crippen molar-refractivity contribution in [3.63, 3.8) is 0 Å². The third-order valence-electron chi connectivity index (χ3n) is 2.48. The molecule has 0 atom stereocenters. The van der Waals surface area contributed by atoms with Crippen molar-refractivity contribution in [1.82, 2.24) is 10.3 Å². The zero-order valence-electron chi connectivity index (χ0n) is 10.6. The molecule has 5 nitrogen and oxygen atoms in total. The normalized spacial score (nSPS) is 10.3. The van der Waals surface area contributed by atoms with Gasteiger partial charge in [0, 0.05) is 4.47 Å². The smallest absolute Gasteiger partial charge is 0.255 e. The van der Waals surface area contributed by atoms with Crippen LogP contribution in [0.1, 0.15) is 22.0 Å². The molecule has 0 aliphatic rings. The minimum absolute atomic E-state index is 0.236. The molecule has 0 bridgehead atoms. The zero-order chi connectivity index (χ0) is 13.8. The third-order valence-corrected chi connectivity index (χ3v) is 2.97. The van der Waals surface area contributed by atoms with Crippen LogP contribution in [0.3, 0.4) is 0 Å². The van der Waals surface area contributed by atoms with E-state index in [1.54, 1.807) is 31.3 Å².